The molecule has 1 fully saturated rings. The lowest BCUT2D eigenvalue weighted by molar-refractivity contribution is -0.125. The van der Waals surface area contributed by atoms with Crippen LogP contribution < -0.4 is 10.6 Å². The Balaban J connectivity index is 1.79. The molecule has 0 spiro atoms. The third-order valence-electron chi connectivity index (χ3n) is 4.67. The van der Waals surface area contributed by atoms with E-state index in [1.165, 1.54) is 5.56 Å². The zero-order valence-corrected chi connectivity index (χ0v) is 12.1. The van der Waals surface area contributed by atoms with Crippen molar-refractivity contribution in [2.24, 2.45) is 0 Å². The van der Waals surface area contributed by atoms with Crippen molar-refractivity contribution < 1.29 is 9.53 Å². The molecular weight excluding hydrogens is 252 g/mol. The predicted octanol–water partition coefficient (Wildman–Crippen LogP) is 1.56. The number of rotatable bonds is 2. The summed E-state index contributed by atoms with van der Waals surface area (Å²) in [6.45, 7) is 5.65. The van der Waals surface area contributed by atoms with E-state index in [9.17, 15) is 4.79 Å². The Hall–Kier alpha value is -1.39. The largest absolute Gasteiger partial charge is 0.376 e. The SMILES string of the molecule is CC1OCCC1(C)NC(=O)C1NCCc2ccccc21. The number of carbonyl (C=O) groups is 1. The van der Waals surface area contributed by atoms with Crippen molar-refractivity contribution in [3.8, 4) is 0 Å². The molecule has 108 valence electrons. The summed E-state index contributed by atoms with van der Waals surface area (Å²) in [6.07, 6.45) is 1.91. The molecule has 4 nitrogen and oxygen atoms in total. The first-order valence-electron chi connectivity index (χ1n) is 7.35. The summed E-state index contributed by atoms with van der Waals surface area (Å²) in [7, 11) is 0. The van der Waals surface area contributed by atoms with Gasteiger partial charge < -0.3 is 15.4 Å². The van der Waals surface area contributed by atoms with Gasteiger partial charge in [-0.3, -0.25) is 4.79 Å². The normalized spacial score (nSPS) is 32.7. The van der Waals surface area contributed by atoms with Crippen molar-refractivity contribution in [2.45, 2.75) is 44.4 Å². The van der Waals surface area contributed by atoms with Gasteiger partial charge in [-0.1, -0.05) is 24.3 Å². The van der Waals surface area contributed by atoms with Gasteiger partial charge in [0, 0.05) is 13.2 Å². The van der Waals surface area contributed by atoms with Crippen molar-refractivity contribution in [2.75, 3.05) is 13.2 Å². The molecule has 0 saturated carbocycles. The summed E-state index contributed by atoms with van der Waals surface area (Å²) in [4.78, 5) is 12.6. The molecule has 3 atom stereocenters. The minimum Gasteiger partial charge on any atom is -0.376 e. The van der Waals surface area contributed by atoms with Gasteiger partial charge in [-0.25, -0.2) is 0 Å². The van der Waals surface area contributed by atoms with Crippen molar-refractivity contribution in [1.29, 1.82) is 0 Å². The average molecular weight is 274 g/mol. The molecule has 0 aliphatic carbocycles. The second kappa shape index (κ2) is 5.19. The minimum absolute atomic E-state index is 0.0528. The standard InChI is InChI=1S/C16H22N2O2/c1-11-16(2,8-10-20-11)18-15(19)14-13-6-4-3-5-12(13)7-9-17-14/h3-6,11,14,17H,7-10H2,1-2H3,(H,18,19). The van der Waals surface area contributed by atoms with E-state index in [-0.39, 0.29) is 23.6 Å². The highest BCUT2D eigenvalue weighted by molar-refractivity contribution is 5.84. The van der Waals surface area contributed by atoms with Gasteiger partial charge in [0.05, 0.1) is 11.6 Å². The van der Waals surface area contributed by atoms with Gasteiger partial charge >= 0.3 is 0 Å². The van der Waals surface area contributed by atoms with Crippen LogP contribution >= 0.6 is 0 Å². The Kier molecular flexibility index (Phi) is 3.52. The van der Waals surface area contributed by atoms with E-state index in [0.29, 0.717) is 6.61 Å². The maximum atomic E-state index is 12.6. The molecule has 1 saturated heterocycles. The third-order valence-corrected chi connectivity index (χ3v) is 4.67. The van der Waals surface area contributed by atoms with Gasteiger partial charge in [0.1, 0.15) is 6.04 Å². The molecule has 0 radical (unpaired) electrons. The molecule has 3 unspecified atom stereocenters. The number of amides is 1. The van der Waals surface area contributed by atoms with Gasteiger partial charge in [0.25, 0.3) is 0 Å². The number of hydrogen-bond donors (Lipinski definition) is 2. The first kappa shape index (κ1) is 13.6. The van der Waals surface area contributed by atoms with E-state index in [4.69, 9.17) is 4.74 Å². The molecule has 2 aliphatic heterocycles. The molecule has 0 bridgehead atoms. The maximum Gasteiger partial charge on any atom is 0.242 e. The van der Waals surface area contributed by atoms with E-state index in [2.05, 4.69) is 23.6 Å². The van der Waals surface area contributed by atoms with E-state index in [0.717, 1.165) is 24.9 Å². The van der Waals surface area contributed by atoms with E-state index < -0.39 is 0 Å². The summed E-state index contributed by atoms with van der Waals surface area (Å²) >= 11 is 0. The minimum atomic E-state index is -0.259. The molecule has 2 aliphatic rings. The fourth-order valence-electron chi connectivity index (χ4n) is 3.09. The van der Waals surface area contributed by atoms with Crippen molar-refractivity contribution in [3.63, 3.8) is 0 Å². The first-order valence-corrected chi connectivity index (χ1v) is 7.35. The van der Waals surface area contributed by atoms with Gasteiger partial charge in [-0.2, -0.15) is 0 Å². The summed E-state index contributed by atoms with van der Waals surface area (Å²) in [6, 6.07) is 7.94. The van der Waals surface area contributed by atoms with E-state index in [1.807, 2.05) is 25.1 Å². The van der Waals surface area contributed by atoms with Crippen LogP contribution in [0, 0.1) is 0 Å². The molecule has 1 aromatic carbocycles. The van der Waals surface area contributed by atoms with E-state index in [1.54, 1.807) is 0 Å². The van der Waals surface area contributed by atoms with Crippen LogP contribution in [-0.2, 0) is 16.0 Å². The second-order valence-electron chi connectivity index (χ2n) is 6.01. The lowest BCUT2D eigenvalue weighted by Crippen LogP contribution is -2.54. The highest BCUT2D eigenvalue weighted by Gasteiger charge is 2.40. The lowest BCUT2D eigenvalue weighted by Gasteiger charge is -2.33. The first-order chi connectivity index (χ1) is 9.60. The number of hydrogen-bond acceptors (Lipinski definition) is 3. The molecule has 2 heterocycles. The summed E-state index contributed by atoms with van der Waals surface area (Å²) < 4.78 is 5.59. The Labute approximate surface area is 119 Å². The van der Waals surface area contributed by atoms with Crippen LogP contribution in [0.1, 0.15) is 37.4 Å². The Morgan fingerprint density at radius 1 is 1.45 bits per heavy atom. The zero-order valence-electron chi connectivity index (χ0n) is 12.1. The number of carbonyl (C=O) groups excluding carboxylic acids is 1. The van der Waals surface area contributed by atoms with Crippen LogP contribution in [-0.4, -0.2) is 30.7 Å². The van der Waals surface area contributed by atoms with Crippen LogP contribution in [0.4, 0.5) is 0 Å². The maximum absolute atomic E-state index is 12.6. The topological polar surface area (TPSA) is 50.4 Å². The van der Waals surface area contributed by atoms with Gasteiger partial charge in [0.15, 0.2) is 0 Å². The molecule has 20 heavy (non-hydrogen) atoms. The van der Waals surface area contributed by atoms with Gasteiger partial charge in [0.2, 0.25) is 5.91 Å². The van der Waals surface area contributed by atoms with Crippen molar-refractivity contribution >= 4 is 5.91 Å². The highest BCUT2D eigenvalue weighted by atomic mass is 16.5. The van der Waals surface area contributed by atoms with Crippen LogP contribution in [0.3, 0.4) is 0 Å². The Morgan fingerprint density at radius 3 is 3.00 bits per heavy atom. The predicted molar refractivity (Wildman–Crippen MR) is 77.5 cm³/mol. The third kappa shape index (κ3) is 2.34. The number of fused-ring (bicyclic) bond motifs is 1. The van der Waals surface area contributed by atoms with Crippen molar-refractivity contribution in [3.05, 3.63) is 35.4 Å². The summed E-state index contributed by atoms with van der Waals surface area (Å²) in [5, 5.41) is 6.52. The average Bonchev–Trinajstić information content (AvgIpc) is 2.77. The summed E-state index contributed by atoms with van der Waals surface area (Å²) in [5.41, 5.74) is 2.12. The quantitative estimate of drug-likeness (QED) is 0.860. The van der Waals surface area contributed by atoms with Gasteiger partial charge in [-0.05, 0) is 37.8 Å². The Morgan fingerprint density at radius 2 is 2.25 bits per heavy atom. The molecule has 1 aromatic rings. The fourth-order valence-corrected chi connectivity index (χ4v) is 3.09. The lowest BCUT2D eigenvalue weighted by atomic mass is 9.91. The molecule has 3 rings (SSSR count). The smallest absolute Gasteiger partial charge is 0.242 e. The molecular formula is C16H22N2O2. The number of ether oxygens (including phenoxy) is 1. The van der Waals surface area contributed by atoms with Crippen molar-refractivity contribution in [1.82, 2.24) is 10.6 Å². The molecule has 4 heteroatoms. The molecule has 2 N–H and O–H groups in total. The second-order valence-corrected chi connectivity index (χ2v) is 6.01. The zero-order chi connectivity index (χ0) is 14.2. The van der Waals surface area contributed by atoms with Crippen LogP contribution in [0.2, 0.25) is 0 Å². The summed E-state index contributed by atoms with van der Waals surface area (Å²) in [5.74, 6) is 0.0528. The number of benzene rings is 1. The van der Waals surface area contributed by atoms with Crippen LogP contribution in [0.5, 0.6) is 0 Å². The van der Waals surface area contributed by atoms with Crippen LogP contribution in [0.25, 0.3) is 0 Å². The number of nitrogens with one attached hydrogen (secondary N) is 2. The van der Waals surface area contributed by atoms with E-state index >= 15 is 0 Å². The monoisotopic (exact) mass is 274 g/mol. The Bertz CT molecular complexity index is 517. The fraction of sp³-hybridized carbons (Fsp3) is 0.562. The molecule has 1 amide bonds. The van der Waals surface area contributed by atoms with Gasteiger partial charge in [-0.15, -0.1) is 0 Å². The highest BCUT2D eigenvalue weighted by Crippen LogP contribution is 2.28. The molecule has 0 aromatic heterocycles. The van der Waals surface area contributed by atoms with Crippen LogP contribution in [0.15, 0.2) is 24.3 Å².